The molecular formula is C12H29NSi. The van der Waals surface area contributed by atoms with Crippen molar-refractivity contribution in [2.45, 2.75) is 78.1 Å². The third-order valence-electron chi connectivity index (χ3n) is 3.41. The van der Waals surface area contributed by atoms with Gasteiger partial charge in [-0.15, -0.1) is 0 Å². The summed E-state index contributed by atoms with van der Waals surface area (Å²) in [6, 6.07) is 3.70. The van der Waals surface area contributed by atoms with E-state index in [4.69, 9.17) is 0 Å². The van der Waals surface area contributed by atoms with Crippen LogP contribution in [0.3, 0.4) is 0 Å². The molecule has 0 saturated carbocycles. The second-order valence-corrected chi connectivity index (χ2v) is 5.60. The van der Waals surface area contributed by atoms with Gasteiger partial charge in [-0.1, -0.05) is 19.9 Å². The summed E-state index contributed by atoms with van der Waals surface area (Å²) in [6.45, 7) is 11.7. The summed E-state index contributed by atoms with van der Waals surface area (Å²) in [4.78, 5) is 2.72. The highest BCUT2D eigenvalue weighted by Gasteiger charge is 2.22. The molecule has 0 aliphatic carbocycles. The Morgan fingerprint density at radius 3 is 1.64 bits per heavy atom. The highest BCUT2D eigenvalue weighted by molar-refractivity contribution is 6.08. The lowest BCUT2D eigenvalue weighted by molar-refractivity contribution is 0.0959. The van der Waals surface area contributed by atoms with E-state index in [1.165, 1.54) is 35.5 Å². The van der Waals surface area contributed by atoms with Crippen molar-refractivity contribution in [2.75, 3.05) is 0 Å². The molecule has 14 heavy (non-hydrogen) atoms. The van der Waals surface area contributed by atoms with Gasteiger partial charge >= 0.3 is 0 Å². The third kappa shape index (κ3) is 4.14. The standard InChI is InChI=1S/C12H29NSi/c1-6-10(3)13(11(4)7-2)12(5)8-9-14/h10-12H,6-9H2,1-5,14H3. The number of nitrogens with zero attached hydrogens (tertiary/aromatic N) is 1. The fraction of sp³-hybridized carbons (Fsp3) is 1.00. The molecule has 0 spiro atoms. The lowest BCUT2D eigenvalue weighted by Gasteiger charge is -2.39. The van der Waals surface area contributed by atoms with Crippen molar-refractivity contribution >= 4 is 10.2 Å². The maximum absolute atomic E-state index is 2.72. The highest BCUT2D eigenvalue weighted by atomic mass is 28.1. The van der Waals surface area contributed by atoms with E-state index < -0.39 is 0 Å². The molecule has 0 rings (SSSR count). The van der Waals surface area contributed by atoms with Gasteiger partial charge in [0.05, 0.1) is 0 Å². The van der Waals surface area contributed by atoms with E-state index in [9.17, 15) is 0 Å². The van der Waals surface area contributed by atoms with E-state index in [-0.39, 0.29) is 0 Å². The molecule has 1 nitrogen and oxygen atoms in total. The van der Waals surface area contributed by atoms with Crippen LogP contribution < -0.4 is 0 Å². The molecule has 86 valence electrons. The van der Waals surface area contributed by atoms with Crippen molar-refractivity contribution < 1.29 is 0 Å². The molecule has 3 atom stereocenters. The average molecular weight is 215 g/mol. The molecular weight excluding hydrogens is 186 g/mol. The largest absolute Gasteiger partial charge is 0.295 e. The zero-order chi connectivity index (χ0) is 11.1. The molecule has 0 N–H and O–H groups in total. The Morgan fingerprint density at radius 2 is 1.36 bits per heavy atom. The van der Waals surface area contributed by atoms with Crippen LogP contribution in [-0.4, -0.2) is 33.3 Å². The Morgan fingerprint density at radius 1 is 0.929 bits per heavy atom. The Kier molecular flexibility index (Phi) is 7.56. The first-order chi connectivity index (χ1) is 6.58. The third-order valence-corrected chi connectivity index (χ3v) is 3.99. The maximum atomic E-state index is 2.72. The summed E-state index contributed by atoms with van der Waals surface area (Å²) >= 11 is 0. The number of rotatable bonds is 7. The van der Waals surface area contributed by atoms with Crippen molar-refractivity contribution in [3.05, 3.63) is 0 Å². The number of hydrogen-bond acceptors (Lipinski definition) is 1. The Hall–Kier alpha value is 0.177. The van der Waals surface area contributed by atoms with E-state index in [0.717, 1.165) is 18.1 Å². The van der Waals surface area contributed by atoms with Gasteiger partial charge in [0.15, 0.2) is 0 Å². The first-order valence-corrected chi connectivity index (χ1v) is 7.77. The zero-order valence-corrected chi connectivity index (χ0v) is 13.0. The minimum Gasteiger partial charge on any atom is -0.295 e. The molecule has 0 aromatic carbocycles. The van der Waals surface area contributed by atoms with E-state index in [1.54, 1.807) is 0 Å². The maximum Gasteiger partial charge on any atom is 0.00699 e. The van der Waals surface area contributed by atoms with Crippen molar-refractivity contribution in [1.29, 1.82) is 0 Å². The molecule has 0 radical (unpaired) electrons. The van der Waals surface area contributed by atoms with E-state index >= 15 is 0 Å². The SMILES string of the molecule is CCC(C)N(C(C)CC)C(C)CC[SiH3]. The van der Waals surface area contributed by atoms with Crippen molar-refractivity contribution in [3.63, 3.8) is 0 Å². The molecule has 2 heteroatoms. The van der Waals surface area contributed by atoms with Crippen molar-refractivity contribution in [2.24, 2.45) is 0 Å². The lowest BCUT2D eigenvalue weighted by Crippen LogP contribution is -2.45. The molecule has 0 heterocycles. The Bertz CT molecular complexity index is 128. The predicted molar refractivity (Wildman–Crippen MR) is 70.2 cm³/mol. The first-order valence-electron chi connectivity index (χ1n) is 6.35. The van der Waals surface area contributed by atoms with Gasteiger partial charge in [0.25, 0.3) is 0 Å². The van der Waals surface area contributed by atoms with Crippen LogP contribution in [0.1, 0.15) is 53.9 Å². The smallest absolute Gasteiger partial charge is 0.00699 e. The molecule has 0 fully saturated rings. The average Bonchev–Trinajstić information content (AvgIpc) is 2.17. The fourth-order valence-electron chi connectivity index (χ4n) is 2.29. The Labute approximate surface area is 93.7 Å². The summed E-state index contributed by atoms with van der Waals surface area (Å²) in [5.41, 5.74) is 0. The highest BCUT2D eigenvalue weighted by Crippen LogP contribution is 2.18. The van der Waals surface area contributed by atoms with Gasteiger partial charge in [-0.25, -0.2) is 0 Å². The van der Waals surface area contributed by atoms with Crippen LogP contribution >= 0.6 is 0 Å². The molecule has 0 saturated heterocycles. The van der Waals surface area contributed by atoms with Gasteiger partial charge in [-0.3, -0.25) is 4.90 Å². The minimum absolute atomic E-state index is 0.744. The summed E-state index contributed by atoms with van der Waals surface area (Å²) in [5.74, 6) is 0. The molecule has 0 bridgehead atoms. The zero-order valence-electron chi connectivity index (χ0n) is 11.0. The van der Waals surface area contributed by atoms with Crippen LogP contribution in [-0.2, 0) is 0 Å². The molecule has 0 aromatic rings. The molecule has 0 amide bonds. The van der Waals surface area contributed by atoms with Gasteiger partial charge in [0.2, 0.25) is 0 Å². The van der Waals surface area contributed by atoms with Crippen LogP contribution in [0.25, 0.3) is 0 Å². The van der Waals surface area contributed by atoms with E-state index in [1.807, 2.05) is 0 Å². The fourth-order valence-corrected chi connectivity index (χ4v) is 3.13. The van der Waals surface area contributed by atoms with E-state index in [0.29, 0.717) is 0 Å². The monoisotopic (exact) mass is 215 g/mol. The van der Waals surface area contributed by atoms with Crippen LogP contribution in [0.5, 0.6) is 0 Å². The molecule has 0 aliphatic rings. The summed E-state index contributed by atoms with van der Waals surface area (Å²) in [6.07, 6.45) is 3.94. The van der Waals surface area contributed by atoms with Crippen molar-refractivity contribution in [1.82, 2.24) is 4.90 Å². The normalized spacial score (nSPS) is 18.4. The minimum atomic E-state index is 0.744. The van der Waals surface area contributed by atoms with E-state index in [2.05, 4.69) is 39.5 Å². The topological polar surface area (TPSA) is 3.24 Å². The molecule has 0 aromatic heterocycles. The quantitative estimate of drug-likeness (QED) is 0.590. The number of hydrogen-bond donors (Lipinski definition) is 0. The van der Waals surface area contributed by atoms with Crippen LogP contribution in [0, 0.1) is 0 Å². The van der Waals surface area contributed by atoms with Crippen LogP contribution in [0.15, 0.2) is 0 Å². The van der Waals surface area contributed by atoms with Crippen molar-refractivity contribution in [3.8, 4) is 0 Å². The second kappa shape index (κ2) is 7.47. The Balaban J connectivity index is 4.36. The molecule has 3 unspecified atom stereocenters. The van der Waals surface area contributed by atoms with Gasteiger partial charge in [0.1, 0.15) is 0 Å². The molecule has 0 aliphatic heterocycles. The summed E-state index contributed by atoms with van der Waals surface area (Å²) < 4.78 is 0. The summed E-state index contributed by atoms with van der Waals surface area (Å²) in [7, 11) is 1.35. The predicted octanol–water partition coefficient (Wildman–Crippen LogP) is 2.45. The first kappa shape index (κ1) is 14.2. The summed E-state index contributed by atoms with van der Waals surface area (Å²) in [5, 5.41) is 0. The van der Waals surface area contributed by atoms with Gasteiger partial charge in [-0.05, 0) is 40.0 Å². The van der Waals surface area contributed by atoms with Gasteiger partial charge < -0.3 is 0 Å². The lowest BCUT2D eigenvalue weighted by atomic mass is 10.1. The van der Waals surface area contributed by atoms with Crippen LogP contribution in [0.2, 0.25) is 6.04 Å². The van der Waals surface area contributed by atoms with Gasteiger partial charge in [-0.2, -0.15) is 0 Å². The second-order valence-electron chi connectivity index (χ2n) is 4.60. The van der Waals surface area contributed by atoms with Gasteiger partial charge in [0, 0.05) is 28.4 Å². The van der Waals surface area contributed by atoms with Crippen LogP contribution in [0.4, 0.5) is 0 Å².